The van der Waals surface area contributed by atoms with Crippen LogP contribution in [0.5, 0.6) is 0 Å². The maximum Gasteiger partial charge on any atom is 0.243 e. The van der Waals surface area contributed by atoms with E-state index in [0.29, 0.717) is 34.8 Å². The van der Waals surface area contributed by atoms with Gasteiger partial charge in [-0.1, -0.05) is 43.6 Å². The normalized spacial score (nSPS) is 16.7. The van der Waals surface area contributed by atoms with E-state index in [1.807, 2.05) is 43.5 Å². The van der Waals surface area contributed by atoms with Crippen LogP contribution in [0.25, 0.3) is 10.6 Å². The summed E-state index contributed by atoms with van der Waals surface area (Å²) in [7, 11) is 0. The number of rotatable bonds is 6. The molecule has 8 heteroatoms. The summed E-state index contributed by atoms with van der Waals surface area (Å²) in [6.45, 7) is 4.71. The molecule has 2 aromatic rings. The second kappa shape index (κ2) is 9.08. The Morgan fingerprint density at radius 3 is 2.89 bits per heavy atom. The lowest BCUT2D eigenvalue weighted by Crippen LogP contribution is -2.48. The molecule has 0 saturated carbocycles. The van der Waals surface area contributed by atoms with E-state index in [1.54, 1.807) is 16.7 Å². The van der Waals surface area contributed by atoms with Crippen LogP contribution in [0.3, 0.4) is 0 Å². The van der Waals surface area contributed by atoms with Gasteiger partial charge in [0.05, 0.1) is 23.0 Å². The van der Waals surface area contributed by atoms with E-state index >= 15 is 0 Å². The Labute approximate surface area is 172 Å². The number of benzene rings is 1. The molecule has 1 fully saturated rings. The first-order valence-electron chi connectivity index (χ1n) is 8.80. The number of carbonyl (C=O) groups is 2. The summed E-state index contributed by atoms with van der Waals surface area (Å²) in [6.07, 6.45) is 0.190. The van der Waals surface area contributed by atoms with Crippen LogP contribution >= 0.6 is 34.7 Å². The Bertz CT molecular complexity index is 825. The number of amides is 2. The fourth-order valence-corrected chi connectivity index (χ4v) is 5.05. The standard InChI is InChI=1S/C19H22ClN3O2S2/c1-12(2)8-21-18(25)16-10-26-11-23(16)17(24)7-13-9-27-19(22-13)14-5-3-4-6-15(14)20/h3-6,9,12,16H,7-8,10-11H2,1-2H3,(H,21,25). The average molecular weight is 424 g/mol. The van der Waals surface area contributed by atoms with Crippen molar-refractivity contribution in [1.82, 2.24) is 15.2 Å². The minimum atomic E-state index is -0.400. The van der Waals surface area contributed by atoms with E-state index < -0.39 is 6.04 Å². The van der Waals surface area contributed by atoms with Gasteiger partial charge in [0, 0.05) is 23.2 Å². The van der Waals surface area contributed by atoms with Crippen molar-refractivity contribution in [1.29, 1.82) is 0 Å². The van der Waals surface area contributed by atoms with Gasteiger partial charge in [0.25, 0.3) is 0 Å². The molecule has 1 N–H and O–H groups in total. The van der Waals surface area contributed by atoms with Gasteiger partial charge in [0.15, 0.2) is 0 Å². The van der Waals surface area contributed by atoms with Gasteiger partial charge < -0.3 is 10.2 Å². The van der Waals surface area contributed by atoms with Crippen LogP contribution in [0.2, 0.25) is 5.02 Å². The molecule has 5 nitrogen and oxygen atoms in total. The first kappa shape index (κ1) is 20.2. The van der Waals surface area contributed by atoms with Crippen molar-refractivity contribution in [3.8, 4) is 10.6 Å². The lowest BCUT2D eigenvalue weighted by Gasteiger charge is -2.23. The highest BCUT2D eigenvalue weighted by molar-refractivity contribution is 7.99. The molecule has 0 aliphatic carbocycles. The summed E-state index contributed by atoms with van der Waals surface area (Å²) in [5.41, 5.74) is 1.57. The third kappa shape index (κ3) is 5.03. The molecular weight excluding hydrogens is 402 g/mol. The summed E-state index contributed by atoms with van der Waals surface area (Å²) in [5.74, 6) is 1.42. The molecule has 1 atom stereocenters. The molecule has 1 saturated heterocycles. The molecular formula is C19H22ClN3O2S2. The summed E-state index contributed by atoms with van der Waals surface area (Å²) >= 11 is 9.30. The van der Waals surface area contributed by atoms with Crippen molar-refractivity contribution >= 4 is 46.5 Å². The predicted octanol–water partition coefficient (Wildman–Crippen LogP) is 3.68. The SMILES string of the molecule is CC(C)CNC(=O)C1CSCN1C(=O)Cc1csc(-c2ccccc2Cl)n1. The number of hydrogen-bond acceptors (Lipinski definition) is 5. The molecule has 0 bridgehead atoms. The predicted molar refractivity (Wildman–Crippen MR) is 112 cm³/mol. The molecule has 1 unspecified atom stereocenters. The molecule has 0 spiro atoms. The Hall–Kier alpha value is -1.57. The van der Waals surface area contributed by atoms with E-state index in [2.05, 4.69) is 10.3 Å². The number of aromatic nitrogens is 1. The van der Waals surface area contributed by atoms with Crippen LogP contribution in [-0.4, -0.2) is 45.9 Å². The zero-order valence-corrected chi connectivity index (χ0v) is 17.7. The van der Waals surface area contributed by atoms with Gasteiger partial charge >= 0.3 is 0 Å². The molecule has 1 aliphatic heterocycles. The number of hydrogen-bond donors (Lipinski definition) is 1. The Balaban J connectivity index is 1.65. The molecule has 2 amide bonds. The lowest BCUT2D eigenvalue weighted by atomic mass is 10.2. The van der Waals surface area contributed by atoms with Gasteiger partial charge in [-0.3, -0.25) is 9.59 Å². The van der Waals surface area contributed by atoms with E-state index in [1.165, 1.54) is 11.3 Å². The number of nitrogens with one attached hydrogen (secondary N) is 1. The second-order valence-electron chi connectivity index (χ2n) is 6.82. The highest BCUT2D eigenvalue weighted by Gasteiger charge is 2.34. The zero-order valence-electron chi connectivity index (χ0n) is 15.3. The fraction of sp³-hybridized carbons (Fsp3) is 0.421. The quantitative estimate of drug-likeness (QED) is 0.769. The van der Waals surface area contributed by atoms with Crippen molar-refractivity contribution in [2.24, 2.45) is 5.92 Å². The molecule has 27 heavy (non-hydrogen) atoms. The second-order valence-corrected chi connectivity index (χ2v) is 9.08. The van der Waals surface area contributed by atoms with Gasteiger partial charge in [-0.15, -0.1) is 23.1 Å². The topological polar surface area (TPSA) is 62.3 Å². The van der Waals surface area contributed by atoms with Crippen LogP contribution in [0.1, 0.15) is 19.5 Å². The third-order valence-electron chi connectivity index (χ3n) is 4.18. The summed E-state index contributed by atoms with van der Waals surface area (Å²) < 4.78 is 0. The molecule has 1 aromatic heterocycles. The Morgan fingerprint density at radius 1 is 1.37 bits per heavy atom. The molecule has 1 aliphatic rings. The van der Waals surface area contributed by atoms with Gasteiger partial charge in [-0.2, -0.15) is 0 Å². The van der Waals surface area contributed by atoms with Crippen LogP contribution in [0, 0.1) is 5.92 Å². The van der Waals surface area contributed by atoms with Gasteiger partial charge in [-0.05, 0) is 12.0 Å². The number of nitrogens with zero attached hydrogens (tertiary/aromatic N) is 2. The number of thioether (sulfide) groups is 1. The largest absolute Gasteiger partial charge is 0.354 e. The number of halogens is 1. The highest BCUT2D eigenvalue weighted by Crippen LogP contribution is 2.30. The van der Waals surface area contributed by atoms with Crippen molar-refractivity contribution in [3.05, 3.63) is 40.4 Å². The van der Waals surface area contributed by atoms with Crippen molar-refractivity contribution in [3.63, 3.8) is 0 Å². The molecule has 0 radical (unpaired) electrons. The fourth-order valence-electron chi connectivity index (χ4n) is 2.73. The van der Waals surface area contributed by atoms with E-state index in [-0.39, 0.29) is 18.2 Å². The first-order valence-corrected chi connectivity index (χ1v) is 11.2. The molecule has 1 aromatic carbocycles. The van der Waals surface area contributed by atoms with Crippen molar-refractivity contribution < 1.29 is 9.59 Å². The monoisotopic (exact) mass is 423 g/mol. The van der Waals surface area contributed by atoms with Gasteiger partial charge in [0.2, 0.25) is 11.8 Å². The van der Waals surface area contributed by atoms with Crippen LogP contribution in [-0.2, 0) is 16.0 Å². The van der Waals surface area contributed by atoms with Crippen LogP contribution in [0.4, 0.5) is 0 Å². The van der Waals surface area contributed by atoms with Crippen molar-refractivity contribution in [2.75, 3.05) is 18.2 Å². The number of carbonyl (C=O) groups excluding carboxylic acids is 2. The van der Waals surface area contributed by atoms with Crippen LogP contribution < -0.4 is 5.32 Å². The van der Waals surface area contributed by atoms with E-state index in [0.717, 1.165) is 10.6 Å². The maximum absolute atomic E-state index is 12.8. The Morgan fingerprint density at radius 2 is 2.15 bits per heavy atom. The minimum absolute atomic E-state index is 0.0688. The Kier molecular flexibility index (Phi) is 6.78. The first-order chi connectivity index (χ1) is 13.0. The smallest absolute Gasteiger partial charge is 0.243 e. The molecule has 3 rings (SSSR count). The zero-order chi connectivity index (χ0) is 19.4. The van der Waals surface area contributed by atoms with Crippen molar-refractivity contribution in [2.45, 2.75) is 26.3 Å². The minimum Gasteiger partial charge on any atom is -0.354 e. The van der Waals surface area contributed by atoms with E-state index in [9.17, 15) is 9.59 Å². The summed E-state index contributed by atoms with van der Waals surface area (Å²) in [5, 5.41) is 6.25. The van der Waals surface area contributed by atoms with Gasteiger partial charge in [0.1, 0.15) is 11.0 Å². The summed E-state index contributed by atoms with van der Waals surface area (Å²) in [6, 6.07) is 7.13. The summed E-state index contributed by atoms with van der Waals surface area (Å²) in [4.78, 5) is 31.4. The molecule has 2 heterocycles. The number of thiazole rings is 1. The highest BCUT2D eigenvalue weighted by atomic mass is 35.5. The average Bonchev–Trinajstić information content (AvgIpc) is 3.29. The van der Waals surface area contributed by atoms with Crippen LogP contribution in [0.15, 0.2) is 29.6 Å². The molecule has 144 valence electrons. The van der Waals surface area contributed by atoms with E-state index in [4.69, 9.17) is 11.6 Å². The lowest BCUT2D eigenvalue weighted by molar-refractivity contribution is -0.137. The third-order valence-corrected chi connectivity index (χ3v) is 6.44. The maximum atomic E-state index is 12.8. The van der Waals surface area contributed by atoms with Gasteiger partial charge in [-0.25, -0.2) is 4.98 Å².